The number of nitro groups is 1. The second kappa shape index (κ2) is 5.27. The number of rotatable bonds is 4. The van der Waals surface area contributed by atoms with Gasteiger partial charge in [0.1, 0.15) is 5.75 Å². The van der Waals surface area contributed by atoms with Gasteiger partial charge in [0.15, 0.2) is 0 Å². The summed E-state index contributed by atoms with van der Waals surface area (Å²) in [5.74, 6) is 5.93. The highest BCUT2D eigenvalue weighted by atomic mass is 16.6. The fourth-order valence-electron chi connectivity index (χ4n) is 1.44. The van der Waals surface area contributed by atoms with Crippen LogP contribution < -0.4 is 16.0 Å². The summed E-state index contributed by atoms with van der Waals surface area (Å²) >= 11 is 0. The summed E-state index contributed by atoms with van der Waals surface area (Å²) in [4.78, 5) is 18.1. The van der Waals surface area contributed by atoms with Crippen LogP contribution in [0.3, 0.4) is 0 Å². The van der Waals surface area contributed by atoms with Crippen molar-refractivity contribution in [2.75, 3.05) is 5.43 Å². The fourth-order valence-corrected chi connectivity index (χ4v) is 1.44. The van der Waals surface area contributed by atoms with E-state index in [1.54, 1.807) is 19.1 Å². The summed E-state index contributed by atoms with van der Waals surface area (Å²) < 4.78 is 5.42. The van der Waals surface area contributed by atoms with Crippen molar-refractivity contribution in [1.82, 2.24) is 9.97 Å². The van der Waals surface area contributed by atoms with E-state index in [4.69, 9.17) is 10.6 Å². The molecule has 98 valence electrons. The third-order valence-electron chi connectivity index (χ3n) is 2.36. The average molecular weight is 261 g/mol. The Morgan fingerprint density at radius 2 is 2.21 bits per heavy atom. The van der Waals surface area contributed by atoms with Crippen molar-refractivity contribution < 1.29 is 9.66 Å². The molecule has 0 unspecified atom stereocenters. The normalized spacial score (nSPS) is 10.0. The monoisotopic (exact) mass is 261 g/mol. The van der Waals surface area contributed by atoms with Crippen molar-refractivity contribution in [1.29, 1.82) is 0 Å². The second-order valence-corrected chi connectivity index (χ2v) is 3.67. The molecule has 0 aliphatic rings. The molecule has 8 nitrogen and oxygen atoms in total. The number of hydrogen-bond donors (Lipinski definition) is 2. The molecule has 0 aliphatic carbocycles. The molecule has 0 amide bonds. The van der Waals surface area contributed by atoms with Gasteiger partial charge in [0, 0.05) is 17.8 Å². The van der Waals surface area contributed by atoms with E-state index in [0.717, 1.165) is 0 Å². The molecule has 8 heteroatoms. The lowest BCUT2D eigenvalue weighted by Crippen LogP contribution is -2.10. The van der Waals surface area contributed by atoms with Crippen molar-refractivity contribution in [3.8, 4) is 11.6 Å². The van der Waals surface area contributed by atoms with E-state index in [9.17, 15) is 10.1 Å². The number of aromatic nitrogens is 2. The first-order valence-electron chi connectivity index (χ1n) is 5.32. The standard InChI is InChI=1S/C11H11N5O3/c1-7-2-3-8(6-9(7)16(17)18)19-10-4-5-13-11(14-10)15-12/h2-6H,12H2,1H3,(H,13,14,15). The number of nitrogens with one attached hydrogen (secondary N) is 1. The molecule has 0 radical (unpaired) electrons. The smallest absolute Gasteiger partial charge is 0.276 e. The maximum atomic E-state index is 10.8. The van der Waals surface area contributed by atoms with Gasteiger partial charge in [-0.3, -0.25) is 15.5 Å². The maximum absolute atomic E-state index is 10.8. The third-order valence-corrected chi connectivity index (χ3v) is 2.36. The van der Waals surface area contributed by atoms with Crippen LogP contribution in [0, 0.1) is 17.0 Å². The molecule has 19 heavy (non-hydrogen) atoms. The molecular formula is C11H11N5O3. The van der Waals surface area contributed by atoms with Crippen molar-refractivity contribution in [3.05, 3.63) is 46.1 Å². The zero-order valence-corrected chi connectivity index (χ0v) is 10.0. The largest absolute Gasteiger partial charge is 0.439 e. The van der Waals surface area contributed by atoms with Crippen molar-refractivity contribution >= 4 is 11.6 Å². The van der Waals surface area contributed by atoms with Crippen LogP contribution in [-0.2, 0) is 0 Å². The van der Waals surface area contributed by atoms with Gasteiger partial charge in [-0.25, -0.2) is 10.8 Å². The first-order chi connectivity index (χ1) is 9.10. The molecule has 2 rings (SSSR count). The van der Waals surface area contributed by atoms with Gasteiger partial charge in [-0.1, -0.05) is 0 Å². The molecule has 0 aliphatic heterocycles. The summed E-state index contributed by atoms with van der Waals surface area (Å²) in [5.41, 5.74) is 2.83. The zero-order chi connectivity index (χ0) is 13.8. The van der Waals surface area contributed by atoms with E-state index in [0.29, 0.717) is 11.3 Å². The Morgan fingerprint density at radius 3 is 2.89 bits per heavy atom. The summed E-state index contributed by atoms with van der Waals surface area (Å²) in [7, 11) is 0. The van der Waals surface area contributed by atoms with Crippen LogP contribution in [-0.4, -0.2) is 14.9 Å². The number of nitrogens with two attached hydrogens (primary N) is 1. The fraction of sp³-hybridized carbons (Fsp3) is 0.0909. The number of hydrogen-bond acceptors (Lipinski definition) is 7. The lowest BCUT2D eigenvalue weighted by Gasteiger charge is -2.06. The van der Waals surface area contributed by atoms with E-state index in [2.05, 4.69) is 15.4 Å². The predicted molar refractivity (Wildman–Crippen MR) is 67.7 cm³/mol. The van der Waals surface area contributed by atoms with Crippen LogP contribution in [0.4, 0.5) is 11.6 Å². The van der Waals surface area contributed by atoms with Gasteiger partial charge in [-0.15, -0.1) is 0 Å². The van der Waals surface area contributed by atoms with E-state index in [1.165, 1.54) is 18.3 Å². The SMILES string of the molecule is Cc1ccc(Oc2ccnc(NN)n2)cc1[N+](=O)[O-]. The minimum atomic E-state index is -0.463. The highest BCUT2D eigenvalue weighted by molar-refractivity contribution is 5.46. The molecule has 0 saturated carbocycles. The Balaban J connectivity index is 2.28. The molecule has 0 atom stereocenters. The van der Waals surface area contributed by atoms with Gasteiger partial charge in [0.2, 0.25) is 11.8 Å². The Morgan fingerprint density at radius 1 is 1.42 bits per heavy atom. The Labute approximate surface area is 108 Å². The topological polar surface area (TPSA) is 116 Å². The first kappa shape index (κ1) is 12.7. The highest BCUT2D eigenvalue weighted by Gasteiger charge is 2.12. The van der Waals surface area contributed by atoms with E-state index >= 15 is 0 Å². The van der Waals surface area contributed by atoms with Gasteiger partial charge in [-0.2, -0.15) is 4.98 Å². The van der Waals surface area contributed by atoms with Crippen LogP contribution >= 0.6 is 0 Å². The number of nitro benzene ring substituents is 1. The number of ether oxygens (including phenoxy) is 1. The molecule has 1 aromatic heterocycles. The molecule has 1 aromatic carbocycles. The van der Waals surface area contributed by atoms with E-state index < -0.39 is 4.92 Å². The van der Waals surface area contributed by atoms with Crippen LogP contribution in [0.25, 0.3) is 0 Å². The summed E-state index contributed by atoms with van der Waals surface area (Å²) in [5, 5.41) is 10.8. The minimum Gasteiger partial charge on any atom is -0.439 e. The Bertz CT molecular complexity index is 617. The lowest BCUT2D eigenvalue weighted by atomic mass is 10.2. The predicted octanol–water partition coefficient (Wildman–Crippen LogP) is 1.77. The molecule has 3 N–H and O–H groups in total. The summed E-state index contributed by atoms with van der Waals surface area (Å²) in [6.07, 6.45) is 1.46. The minimum absolute atomic E-state index is 0.0104. The number of benzene rings is 1. The second-order valence-electron chi connectivity index (χ2n) is 3.67. The molecule has 0 saturated heterocycles. The quantitative estimate of drug-likeness (QED) is 0.489. The van der Waals surface area contributed by atoms with Crippen LogP contribution in [0.15, 0.2) is 30.5 Å². The molecule has 2 aromatic rings. The maximum Gasteiger partial charge on any atom is 0.276 e. The Hall–Kier alpha value is -2.74. The van der Waals surface area contributed by atoms with Crippen LogP contribution in [0.2, 0.25) is 0 Å². The van der Waals surface area contributed by atoms with Gasteiger partial charge in [0.05, 0.1) is 11.0 Å². The van der Waals surface area contributed by atoms with Gasteiger partial charge >= 0.3 is 0 Å². The van der Waals surface area contributed by atoms with Crippen LogP contribution in [0.1, 0.15) is 5.56 Å². The first-order valence-corrected chi connectivity index (χ1v) is 5.32. The molecule has 0 fully saturated rings. The third kappa shape index (κ3) is 2.93. The van der Waals surface area contributed by atoms with Gasteiger partial charge in [-0.05, 0) is 19.1 Å². The summed E-state index contributed by atoms with van der Waals surface area (Å²) in [6.45, 7) is 1.66. The number of nitrogens with zero attached hydrogens (tertiary/aromatic N) is 3. The average Bonchev–Trinajstić information content (AvgIpc) is 2.41. The van der Waals surface area contributed by atoms with E-state index in [-0.39, 0.29) is 17.5 Å². The number of hydrazine groups is 1. The molecule has 0 bridgehead atoms. The molecular weight excluding hydrogens is 250 g/mol. The van der Waals surface area contributed by atoms with Crippen LogP contribution in [0.5, 0.6) is 11.6 Å². The zero-order valence-electron chi connectivity index (χ0n) is 10.0. The number of nitrogen functional groups attached to an aromatic ring is 1. The lowest BCUT2D eigenvalue weighted by molar-refractivity contribution is -0.385. The van der Waals surface area contributed by atoms with Crippen molar-refractivity contribution in [2.45, 2.75) is 6.92 Å². The molecule has 0 spiro atoms. The number of anilines is 1. The molecule has 1 heterocycles. The van der Waals surface area contributed by atoms with E-state index in [1.807, 2.05) is 0 Å². The summed E-state index contributed by atoms with van der Waals surface area (Å²) in [6, 6.07) is 6.09. The van der Waals surface area contributed by atoms with Crippen molar-refractivity contribution in [3.63, 3.8) is 0 Å². The number of aryl methyl sites for hydroxylation is 1. The Kier molecular flexibility index (Phi) is 3.53. The van der Waals surface area contributed by atoms with Gasteiger partial charge < -0.3 is 4.74 Å². The van der Waals surface area contributed by atoms with Gasteiger partial charge in [0.25, 0.3) is 5.69 Å². The van der Waals surface area contributed by atoms with Crippen molar-refractivity contribution in [2.24, 2.45) is 5.84 Å². The highest BCUT2D eigenvalue weighted by Crippen LogP contribution is 2.27.